The first-order valence-electron chi connectivity index (χ1n) is 11.9. The lowest BCUT2D eigenvalue weighted by atomic mass is 9.81. The zero-order chi connectivity index (χ0) is 25.7. The van der Waals surface area contributed by atoms with Crippen molar-refractivity contribution < 1.29 is 9.53 Å². The molecule has 2 aliphatic rings. The van der Waals surface area contributed by atoms with Gasteiger partial charge in [0.15, 0.2) is 15.6 Å². The monoisotopic (exact) mass is 531 g/mol. The van der Waals surface area contributed by atoms with E-state index in [2.05, 4.69) is 31.3 Å². The molecule has 2 fully saturated rings. The number of hydrogen-bond acceptors (Lipinski definition) is 9. The van der Waals surface area contributed by atoms with Gasteiger partial charge in [0.2, 0.25) is 0 Å². The van der Waals surface area contributed by atoms with Crippen molar-refractivity contribution in [1.29, 1.82) is 5.26 Å². The lowest BCUT2D eigenvalue weighted by Gasteiger charge is -2.23. The Hall–Kier alpha value is -3.68. The van der Waals surface area contributed by atoms with Gasteiger partial charge in [-0.05, 0) is 50.2 Å². The molecule has 186 valence electrons. The van der Waals surface area contributed by atoms with Crippen LogP contribution in [0.1, 0.15) is 46.9 Å². The summed E-state index contributed by atoms with van der Waals surface area (Å²) in [4.78, 5) is 36.3. The third-order valence-electron chi connectivity index (χ3n) is 7.39. The van der Waals surface area contributed by atoms with Crippen molar-refractivity contribution in [2.24, 2.45) is 17.8 Å². The number of thiazole rings is 1. The van der Waals surface area contributed by atoms with Gasteiger partial charge in [-0.1, -0.05) is 22.9 Å². The summed E-state index contributed by atoms with van der Waals surface area (Å²) in [6.07, 6.45) is 7.86. The lowest BCUT2D eigenvalue weighted by Crippen LogP contribution is -2.16. The summed E-state index contributed by atoms with van der Waals surface area (Å²) in [5.41, 5.74) is 3.79. The zero-order valence-corrected chi connectivity index (χ0v) is 21.7. The minimum absolute atomic E-state index is 0.174. The molecule has 0 saturated heterocycles. The molecule has 0 aromatic carbocycles. The third-order valence-corrected chi connectivity index (χ3v) is 8.45. The van der Waals surface area contributed by atoms with Crippen LogP contribution in [0.15, 0.2) is 30.7 Å². The molecule has 2 unspecified atom stereocenters. The topological polar surface area (TPSA) is 127 Å². The number of carbonyl (C=O) groups excluding carboxylic acids is 1. The Bertz CT molecular complexity index is 1580. The van der Waals surface area contributed by atoms with E-state index < -0.39 is 0 Å². The van der Waals surface area contributed by atoms with Crippen LogP contribution in [0, 0.1) is 36.0 Å². The van der Waals surface area contributed by atoms with Gasteiger partial charge in [-0.3, -0.25) is 15.1 Å². The molecule has 4 aromatic rings. The maximum absolute atomic E-state index is 13.4. The first-order valence-corrected chi connectivity index (χ1v) is 13.1. The van der Waals surface area contributed by atoms with Gasteiger partial charge in [-0.15, -0.1) is 0 Å². The number of carbonyl (C=O) groups is 1. The number of rotatable bonds is 5. The van der Waals surface area contributed by atoms with Crippen molar-refractivity contribution in [2.45, 2.75) is 32.1 Å². The van der Waals surface area contributed by atoms with Crippen molar-refractivity contribution in [3.8, 4) is 22.9 Å². The number of amides is 1. The second-order valence-electron chi connectivity index (χ2n) is 9.54. The summed E-state index contributed by atoms with van der Waals surface area (Å²) in [7, 11) is 1.54. The van der Waals surface area contributed by atoms with E-state index in [4.69, 9.17) is 21.3 Å². The Balaban J connectivity index is 1.27. The van der Waals surface area contributed by atoms with Crippen LogP contribution in [0.5, 0.6) is 5.75 Å². The molecule has 9 nitrogen and oxygen atoms in total. The van der Waals surface area contributed by atoms with Crippen molar-refractivity contribution in [3.63, 3.8) is 0 Å². The number of nitrogens with zero attached hydrogens (tertiary/aromatic N) is 6. The summed E-state index contributed by atoms with van der Waals surface area (Å²) < 4.78 is 5.46. The minimum atomic E-state index is -0.368. The van der Waals surface area contributed by atoms with E-state index in [-0.39, 0.29) is 17.0 Å². The van der Waals surface area contributed by atoms with Crippen molar-refractivity contribution in [2.75, 3.05) is 12.4 Å². The van der Waals surface area contributed by atoms with E-state index in [9.17, 15) is 10.1 Å². The summed E-state index contributed by atoms with van der Waals surface area (Å²) in [6.45, 7) is 1.85. The fourth-order valence-electron chi connectivity index (χ4n) is 5.68. The lowest BCUT2D eigenvalue weighted by molar-refractivity contribution is 0.102. The van der Waals surface area contributed by atoms with Crippen LogP contribution >= 0.6 is 22.9 Å². The number of anilines is 1. The molecule has 0 spiro atoms. The Morgan fingerprint density at radius 2 is 1.97 bits per heavy atom. The van der Waals surface area contributed by atoms with Gasteiger partial charge in [0.1, 0.15) is 10.9 Å². The summed E-state index contributed by atoms with van der Waals surface area (Å²) in [5.74, 6) is 1.57. The normalized spacial score (nSPS) is 22.2. The molecular formula is C26H22ClN7O2S. The molecular weight excluding hydrogens is 510 g/mol. The first kappa shape index (κ1) is 23.7. The van der Waals surface area contributed by atoms with Crippen LogP contribution in [0.4, 0.5) is 5.13 Å². The SMILES string of the molecule is COc1cnc(Cl)cc1-c1cc(C)ncc1C(=O)Nc1nc2ncc([C@@H]3CC4CC3C[C@H]4C#N)nc2s1. The third kappa shape index (κ3) is 4.28. The van der Waals surface area contributed by atoms with Gasteiger partial charge in [0.05, 0.1) is 36.8 Å². The summed E-state index contributed by atoms with van der Waals surface area (Å²) >= 11 is 7.43. The van der Waals surface area contributed by atoms with Gasteiger partial charge >= 0.3 is 0 Å². The Kier molecular flexibility index (Phi) is 5.97. The molecule has 11 heteroatoms. The second-order valence-corrected chi connectivity index (χ2v) is 10.9. The minimum Gasteiger partial charge on any atom is -0.494 e. The Morgan fingerprint density at radius 1 is 1.11 bits per heavy atom. The van der Waals surface area contributed by atoms with Crippen molar-refractivity contribution in [1.82, 2.24) is 24.9 Å². The predicted octanol–water partition coefficient (Wildman–Crippen LogP) is 5.42. The number of methoxy groups -OCH3 is 1. The van der Waals surface area contributed by atoms with E-state index >= 15 is 0 Å². The average Bonchev–Trinajstić information content (AvgIpc) is 3.61. The molecule has 37 heavy (non-hydrogen) atoms. The van der Waals surface area contributed by atoms with Crippen LogP contribution in [0.3, 0.4) is 0 Å². The molecule has 1 amide bonds. The van der Waals surface area contributed by atoms with E-state index in [0.29, 0.717) is 55.8 Å². The molecule has 2 saturated carbocycles. The molecule has 1 N–H and O–H groups in total. The van der Waals surface area contributed by atoms with Crippen LogP contribution in [-0.2, 0) is 0 Å². The van der Waals surface area contributed by atoms with Gasteiger partial charge in [0.25, 0.3) is 5.91 Å². The second kappa shape index (κ2) is 9.32. The molecule has 0 radical (unpaired) electrons. The number of pyridine rings is 2. The average molecular weight is 532 g/mol. The quantitative estimate of drug-likeness (QED) is 0.338. The number of nitrogens with one attached hydrogen (secondary N) is 1. The zero-order valence-electron chi connectivity index (χ0n) is 20.1. The van der Waals surface area contributed by atoms with E-state index in [1.165, 1.54) is 30.8 Å². The number of hydrogen-bond donors (Lipinski definition) is 1. The van der Waals surface area contributed by atoms with Crippen molar-refractivity contribution in [3.05, 3.63) is 52.8 Å². The maximum atomic E-state index is 13.4. The van der Waals surface area contributed by atoms with E-state index in [1.54, 1.807) is 12.3 Å². The number of aryl methyl sites for hydroxylation is 1. The number of aromatic nitrogens is 5. The Labute approximate surface area is 221 Å². The summed E-state index contributed by atoms with van der Waals surface area (Å²) in [6, 6.07) is 5.92. The molecule has 6 rings (SSSR count). The highest BCUT2D eigenvalue weighted by molar-refractivity contribution is 7.21. The Morgan fingerprint density at radius 3 is 2.73 bits per heavy atom. The van der Waals surface area contributed by atoms with Crippen LogP contribution in [0.25, 0.3) is 21.6 Å². The fourth-order valence-corrected chi connectivity index (χ4v) is 6.64. The first-order chi connectivity index (χ1) is 17.9. The molecule has 4 heterocycles. The predicted molar refractivity (Wildman–Crippen MR) is 140 cm³/mol. The van der Waals surface area contributed by atoms with Gasteiger partial charge in [0, 0.05) is 34.9 Å². The molecule has 2 bridgehead atoms. The summed E-state index contributed by atoms with van der Waals surface area (Å²) in [5, 5.41) is 12.9. The number of halogens is 1. The van der Waals surface area contributed by atoms with Gasteiger partial charge < -0.3 is 4.74 Å². The number of ether oxygens (including phenoxy) is 1. The number of fused-ring (bicyclic) bond motifs is 3. The fraction of sp³-hybridized carbons (Fsp3) is 0.346. The number of nitriles is 1. The van der Waals surface area contributed by atoms with Crippen molar-refractivity contribution >= 4 is 44.5 Å². The molecule has 4 atom stereocenters. The van der Waals surface area contributed by atoms with Gasteiger partial charge in [-0.25, -0.2) is 15.0 Å². The van der Waals surface area contributed by atoms with E-state index in [1.807, 2.05) is 13.0 Å². The molecule has 4 aromatic heterocycles. The highest BCUT2D eigenvalue weighted by Gasteiger charge is 2.47. The smallest absolute Gasteiger partial charge is 0.259 e. The van der Waals surface area contributed by atoms with Crippen LogP contribution < -0.4 is 10.1 Å². The van der Waals surface area contributed by atoms with E-state index in [0.717, 1.165) is 30.7 Å². The van der Waals surface area contributed by atoms with Crippen LogP contribution in [-0.4, -0.2) is 37.9 Å². The van der Waals surface area contributed by atoms with Gasteiger partial charge in [-0.2, -0.15) is 10.2 Å². The largest absolute Gasteiger partial charge is 0.494 e. The maximum Gasteiger partial charge on any atom is 0.259 e. The highest BCUT2D eigenvalue weighted by Crippen LogP contribution is 2.55. The highest BCUT2D eigenvalue weighted by atomic mass is 35.5. The molecule has 0 aliphatic heterocycles. The molecule has 2 aliphatic carbocycles. The standard InChI is InChI=1S/C26H22ClN7O2S/c1-12-3-17(18-7-22(27)30-11-21(18)36-2)19(9-29-12)24(35)34-26-33-23-25(37-26)32-20(10-31-23)16-6-13-4-14(16)5-15(13)8-28/h3,7,9-11,13-16H,4-6H2,1-2H3,(H,31,33,34,35)/t13?,14?,15-,16+/m0/s1. The van der Waals surface area contributed by atoms with Crippen LogP contribution in [0.2, 0.25) is 5.15 Å².